The summed E-state index contributed by atoms with van der Waals surface area (Å²) in [4.78, 5) is 14.0. The second-order valence-corrected chi connectivity index (χ2v) is 6.96. The summed E-state index contributed by atoms with van der Waals surface area (Å²) in [5.74, 6) is 0.700. The fourth-order valence-corrected chi connectivity index (χ4v) is 3.27. The molecule has 1 fully saturated rings. The minimum absolute atomic E-state index is 0.306. The van der Waals surface area contributed by atoms with Gasteiger partial charge in [-0.05, 0) is 62.7 Å². The Morgan fingerprint density at radius 1 is 1.00 bits per heavy atom. The Hall–Kier alpha value is -2.35. The molecule has 0 aliphatic carbocycles. The number of hydrogen-bond donors (Lipinski definition) is 0. The van der Waals surface area contributed by atoms with Gasteiger partial charge in [-0.25, -0.2) is 4.68 Å². The highest BCUT2D eigenvalue weighted by Crippen LogP contribution is 2.21. The molecule has 2 heterocycles. The number of hydrogen-bond acceptors (Lipinski definition) is 4. The molecular formula is C20H24F3N3O2. The molecule has 1 saturated heterocycles. The van der Waals surface area contributed by atoms with Crippen molar-refractivity contribution >= 4 is 0 Å². The third-order valence-electron chi connectivity index (χ3n) is 4.68. The van der Waals surface area contributed by atoms with Crippen LogP contribution in [0.1, 0.15) is 25.7 Å². The van der Waals surface area contributed by atoms with Gasteiger partial charge in [0.2, 0.25) is 0 Å². The van der Waals surface area contributed by atoms with E-state index in [1.807, 2.05) is 0 Å². The number of piperidine rings is 1. The van der Waals surface area contributed by atoms with Crippen LogP contribution in [0.4, 0.5) is 13.2 Å². The van der Waals surface area contributed by atoms with Crippen LogP contribution in [0.3, 0.4) is 0 Å². The van der Waals surface area contributed by atoms with Crippen molar-refractivity contribution in [3.05, 3.63) is 46.8 Å². The topological polar surface area (TPSA) is 47.4 Å². The summed E-state index contributed by atoms with van der Waals surface area (Å²) in [5.41, 5.74) is 0.145. The van der Waals surface area contributed by atoms with E-state index in [2.05, 4.69) is 10.00 Å². The lowest BCUT2D eigenvalue weighted by molar-refractivity contribution is -0.143. The van der Waals surface area contributed by atoms with Crippen molar-refractivity contribution in [2.24, 2.45) is 0 Å². The third-order valence-corrected chi connectivity index (χ3v) is 4.68. The molecule has 2 aromatic rings. The van der Waals surface area contributed by atoms with E-state index >= 15 is 0 Å². The van der Waals surface area contributed by atoms with Crippen molar-refractivity contribution in [2.75, 3.05) is 26.2 Å². The largest absolute Gasteiger partial charge is 0.494 e. The molecule has 0 amide bonds. The van der Waals surface area contributed by atoms with Gasteiger partial charge in [-0.2, -0.15) is 18.3 Å². The highest BCUT2D eigenvalue weighted by atomic mass is 19.4. The van der Waals surface area contributed by atoms with Gasteiger partial charge < -0.3 is 9.64 Å². The van der Waals surface area contributed by atoms with Crippen LogP contribution >= 0.6 is 0 Å². The van der Waals surface area contributed by atoms with E-state index in [0.717, 1.165) is 32.1 Å². The van der Waals surface area contributed by atoms with Crippen LogP contribution in [-0.4, -0.2) is 47.1 Å². The van der Waals surface area contributed by atoms with Crippen LogP contribution in [0.15, 0.2) is 41.2 Å². The standard InChI is InChI=1S/C20H24F3N3O2/c21-20(22,23)15-26-19(27)10-9-18(24-26)16-5-7-17(8-6-16)28-14-4-13-25-11-2-1-3-12-25/h5-10H,1-4,11-15H2. The first-order valence-electron chi connectivity index (χ1n) is 9.51. The van der Waals surface area contributed by atoms with Crippen molar-refractivity contribution in [1.29, 1.82) is 0 Å². The maximum absolute atomic E-state index is 12.6. The second kappa shape index (κ2) is 9.23. The van der Waals surface area contributed by atoms with Crippen molar-refractivity contribution in [1.82, 2.24) is 14.7 Å². The lowest BCUT2D eigenvalue weighted by atomic mass is 10.1. The zero-order valence-electron chi connectivity index (χ0n) is 15.6. The number of benzene rings is 1. The Morgan fingerprint density at radius 3 is 2.39 bits per heavy atom. The van der Waals surface area contributed by atoms with Gasteiger partial charge in [0.1, 0.15) is 12.3 Å². The van der Waals surface area contributed by atoms with Gasteiger partial charge in [0.25, 0.3) is 5.56 Å². The molecule has 0 saturated carbocycles. The molecule has 1 aliphatic rings. The summed E-state index contributed by atoms with van der Waals surface area (Å²) in [6.07, 6.45) is 0.314. The van der Waals surface area contributed by atoms with E-state index < -0.39 is 18.3 Å². The molecule has 0 bridgehead atoms. The maximum atomic E-state index is 12.6. The minimum Gasteiger partial charge on any atom is -0.494 e. The summed E-state index contributed by atoms with van der Waals surface area (Å²) < 4.78 is 43.8. The van der Waals surface area contributed by atoms with Gasteiger partial charge in [-0.15, -0.1) is 0 Å². The molecule has 1 aromatic heterocycles. The SMILES string of the molecule is O=c1ccc(-c2ccc(OCCCN3CCCCC3)cc2)nn1CC(F)(F)F. The Morgan fingerprint density at radius 2 is 1.71 bits per heavy atom. The monoisotopic (exact) mass is 395 g/mol. The number of ether oxygens (including phenoxy) is 1. The predicted octanol–water partition coefficient (Wildman–Crippen LogP) is 3.73. The van der Waals surface area contributed by atoms with E-state index in [-0.39, 0.29) is 0 Å². The number of likely N-dealkylation sites (tertiary alicyclic amines) is 1. The average molecular weight is 395 g/mol. The van der Waals surface area contributed by atoms with E-state index in [1.165, 1.54) is 25.3 Å². The van der Waals surface area contributed by atoms with Gasteiger partial charge >= 0.3 is 6.18 Å². The zero-order valence-corrected chi connectivity index (χ0v) is 15.6. The van der Waals surface area contributed by atoms with Gasteiger partial charge in [0, 0.05) is 18.2 Å². The molecular weight excluding hydrogens is 371 g/mol. The molecule has 0 atom stereocenters. The van der Waals surface area contributed by atoms with E-state index in [0.29, 0.717) is 28.3 Å². The first kappa shape index (κ1) is 20.4. The summed E-state index contributed by atoms with van der Waals surface area (Å²) in [6.45, 7) is 2.57. The molecule has 1 aromatic carbocycles. The van der Waals surface area contributed by atoms with Crippen molar-refractivity contribution < 1.29 is 17.9 Å². The lowest BCUT2D eigenvalue weighted by Crippen LogP contribution is -2.31. The molecule has 8 heteroatoms. The van der Waals surface area contributed by atoms with Crippen molar-refractivity contribution in [2.45, 2.75) is 38.4 Å². The number of halogens is 3. The molecule has 0 radical (unpaired) electrons. The quantitative estimate of drug-likeness (QED) is 0.671. The normalized spacial score (nSPS) is 15.5. The van der Waals surface area contributed by atoms with Gasteiger partial charge in [0.05, 0.1) is 12.3 Å². The number of nitrogens with zero attached hydrogens (tertiary/aromatic N) is 3. The van der Waals surface area contributed by atoms with Crippen LogP contribution in [0.2, 0.25) is 0 Å². The highest BCUT2D eigenvalue weighted by Gasteiger charge is 2.29. The van der Waals surface area contributed by atoms with Gasteiger partial charge in [0.15, 0.2) is 0 Å². The lowest BCUT2D eigenvalue weighted by Gasteiger charge is -2.26. The van der Waals surface area contributed by atoms with Crippen LogP contribution < -0.4 is 10.3 Å². The fraction of sp³-hybridized carbons (Fsp3) is 0.500. The number of alkyl halides is 3. The number of aromatic nitrogens is 2. The molecule has 0 N–H and O–H groups in total. The van der Waals surface area contributed by atoms with Crippen molar-refractivity contribution in [3.8, 4) is 17.0 Å². The maximum Gasteiger partial charge on any atom is 0.408 e. The smallest absolute Gasteiger partial charge is 0.408 e. The average Bonchev–Trinajstić information content (AvgIpc) is 2.67. The summed E-state index contributed by atoms with van der Waals surface area (Å²) >= 11 is 0. The Balaban J connectivity index is 1.55. The Bertz CT molecular complexity index is 813. The summed E-state index contributed by atoms with van der Waals surface area (Å²) in [5, 5.41) is 3.82. The van der Waals surface area contributed by atoms with Crippen molar-refractivity contribution in [3.63, 3.8) is 0 Å². The molecule has 152 valence electrons. The third kappa shape index (κ3) is 6.09. The zero-order chi connectivity index (χ0) is 20.0. The van der Waals surface area contributed by atoms with Crippen LogP contribution in [-0.2, 0) is 6.54 Å². The van der Waals surface area contributed by atoms with Gasteiger partial charge in [-0.3, -0.25) is 4.79 Å². The first-order chi connectivity index (χ1) is 13.4. The molecule has 0 spiro atoms. The van der Waals surface area contributed by atoms with E-state index in [1.54, 1.807) is 24.3 Å². The van der Waals surface area contributed by atoms with E-state index in [4.69, 9.17) is 4.74 Å². The summed E-state index contributed by atoms with van der Waals surface area (Å²) in [7, 11) is 0. The molecule has 0 unspecified atom stereocenters. The Labute approximate surface area is 161 Å². The van der Waals surface area contributed by atoms with Gasteiger partial charge in [-0.1, -0.05) is 6.42 Å². The molecule has 3 rings (SSSR count). The second-order valence-electron chi connectivity index (χ2n) is 6.96. The van der Waals surface area contributed by atoms with Crippen LogP contribution in [0, 0.1) is 0 Å². The molecule has 28 heavy (non-hydrogen) atoms. The Kier molecular flexibility index (Phi) is 6.72. The van der Waals surface area contributed by atoms with E-state index in [9.17, 15) is 18.0 Å². The van der Waals surface area contributed by atoms with Crippen LogP contribution in [0.5, 0.6) is 5.75 Å². The fourth-order valence-electron chi connectivity index (χ4n) is 3.27. The molecule has 5 nitrogen and oxygen atoms in total. The summed E-state index contributed by atoms with van der Waals surface area (Å²) in [6, 6.07) is 9.49. The predicted molar refractivity (Wildman–Crippen MR) is 100 cm³/mol. The highest BCUT2D eigenvalue weighted by molar-refractivity contribution is 5.59. The first-order valence-corrected chi connectivity index (χ1v) is 9.51. The van der Waals surface area contributed by atoms with Crippen LogP contribution in [0.25, 0.3) is 11.3 Å². The molecule has 1 aliphatic heterocycles. The number of rotatable bonds is 7. The minimum atomic E-state index is -4.50.